The van der Waals surface area contributed by atoms with Gasteiger partial charge in [0.1, 0.15) is 11.4 Å². The fraction of sp³-hybridized carbons (Fsp3) is 0.294. The summed E-state index contributed by atoms with van der Waals surface area (Å²) in [7, 11) is 0. The van der Waals surface area contributed by atoms with Crippen molar-refractivity contribution in [3.63, 3.8) is 0 Å². The lowest BCUT2D eigenvalue weighted by Crippen LogP contribution is -2.41. The summed E-state index contributed by atoms with van der Waals surface area (Å²) in [6.07, 6.45) is 0. The molecule has 29 heavy (non-hydrogen) atoms. The number of benzene rings is 1. The van der Waals surface area contributed by atoms with E-state index in [1.54, 1.807) is 13.8 Å². The predicted octanol–water partition coefficient (Wildman–Crippen LogP) is 1.90. The molecule has 1 aliphatic rings. The summed E-state index contributed by atoms with van der Waals surface area (Å²) >= 11 is 0.987. The van der Waals surface area contributed by atoms with E-state index in [-0.39, 0.29) is 36.3 Å². The number of ether oxygens (including phenoxy) is 2. The molecule has 12 heteroatoms. The zero-order valence-corrected chi connectivity index (χ0v) is 16.3. The quantitative estimate of drug-likeness (QED) is 0.321. The molecule has 2 aromatic rings. The van der Waals surface area contributed by atoms with Gasteiger partial charge in [0.2, 0.25) is 5.91 Å². The van der Waals surface area contributed by atoms with E-state index in [1.807, 2.05) is 0 Å². The summed E-state index contributed by atoms with van der Waals surface area (Å²) in [6.45, 7) is 3.13. The molecule has 0 bridgehead atoms. The van der Waals surface area contributed by atoms with Gasteiger partial charge >= 0.3 is 11.9 Å². The van der Waals surface area contributed by atoms with Crippen LogP contribution in [0.4, 0.5) is 16.5 Å². The maximum Gasteiger partial charge on any atom is 0.350 e. The largest absolute Gasteiger partial charge is 0.462 e. The number of nitrogens with zero attached hydrogens (tertiary/aromatic N) is 3. The van der Waals surface area contributed by atoms with E-state index in [0.717, 1.165) is 17.4 Å². The standard InChI is InChI=1S/C17H16N4O7S/c1-3-27-16(24)15-9(2)18-17(29-15)19-13(22)7-20-8-14(23)28-12-6-10(21(25)26)4-5-11(12)20/h4-6H,3,7-8H2,1-2H3,(H,18,19,22). The molecule has 1 aromatic carbocycles. The number of anilines is 2. The summed E-state index contributed by atoms with van der Waals surface area (Å²) in [5.74, 6) is -1.62. The summed E-state index contributed by atoms with van der Waals surface area (Å²) in [4.78, 5) is 52.3. The fourth-order valence-corrected chi connectivity index (χ4v) is 3.54. The number of nitro groups is 1. The zero-order chi connectivity index (χ0) is 21.1. The molecule has 1 aromatic heterocycles. The Bertz CT molecular complexity index is 1000. The molecule has 2 heterocycles. The van der Waals surface area contributed by atoms with Crippen LogP contribution in [0.1, 0.15) is 22.3 Å². The third kappa shape index (κ3) is 4.48. The first-order valence-electron chi connectivity index (χ1n) is 8.47. The highest BCUT2D eigenvalue weighted by molar-refractivity contribution is 7.17. The maximum atomic E-state index is 12.4. The van der Waals surface area contributed by atoms with Gasteiger partial charge in [0.25, 0.3) is 5.69 Å². The van der Waals surface area contributed by atoms with E-state index in [2.05, 4.69) is 10.3 Å². The van der Waals surface area contributed by atoms with Crippen LogP contribution in [0.3, 0.4) is 0 Å². The number of carbonyl (C=O) groups is 3. The molecule has 0 aliphatic carbocycles. The van der Waals surface area contributed by atoms with E-state index < -0.39 is 22.8 Å². The number of esters is 2. The number of thiazole rings is 1. The van der Waals surface area contributed by atoms with Gasteiger partial charge in [0.15, 0.2) is 10.9 Å². The number of hydrogen-bond donors (Lipinski definition) is 1. The van der Waals surface area contributed by atoms with E-state index in [4.69, 9.17) is 9.47 Å². The van der Waals surface area contributed by atoms with Crippen molar-refractivity contribution in [2.75, 3.05) is 29.9 Å². The van der Waals surface area contributed by atoms with E-state index in [1.165, 1.54) is 17.0 Å². The van der Waals surface area contributed by atoms with Crippen molar-refractivity contribution in [2.24, 2.45) is 0 Å². The van der Waals surface area contributed by atoms with Gasteiger partial charge in [0.05, 0.1) is 35.5 Å². The smallest absolute Gasteiger partial charge is 0.350 e. The number of amides is 1. The number of rotatable bonds is 6. The highest BCUT2D eigenvalue weighted by Crippen LogP contribution is 2.35. The normalized spacial score (nSPS) is 12.8. The molecule has 0 radical (unpaired) electrons. The molecule has 0 spiro atoms. The van der Waals surface area contributed by atoms with Crippen LogP contribution < -0.4 is 15.0 Å². The monoisotopic (exact) mass is 420 g/mol. The van der Waals surface area contributed by atoms with Gasteiger partial charge in [-0.1, -0.05) is 11.3 Å². The number of aromatic nitrogens is 1. The predicted molar refractivity (Wildman–Crippen MR) is 102 cm³/mol. The van der Waals surface area contributed by atoms with Crippen LogP contribution in [-0.2, 0) is 14.3 Å². The van der Waals surface area contributed by atoms with E-state index >= 15 is 0 Å². The van der Waals surface area contributed by atoms with Crippen molar-refractivity contribution in [3.05, 3.63) is 38.9 Å². The van der Waals surface area contributed by atoms with Crippen LogP contribution in [0, 0.1) is 17.0 Å². The Hall–Kier alpha value is -3.54. The van der Waals surface area contributed by atoms with E-state index in [9.17, 15) is 24.5 Å². The molecule has 1 amide bonds. The maximum absolute atomic E-state index is 12.4. The number of nitrogens with one attached hydrogen (secondary N) is 1. The second-order valence-electron chi connectivity index (χ2n) is 5.94. The minimum Gasteiger partial charge on any atom is -0.462 e. The Morgan fingerprint density at radius 3 is 2.90 bits per heavy atom. The van der Waals surface area contributed by atoms with Crippen LogP contribution in [-0.4, -0.2) is 47.4 Å². The average Bonchev–Trinajstić information content (AvgIpc) is 3.01. The lowest BCUT2D eigenvalue weighted by molar-refractivity contribution is -0.384. The number of non-ortho nitro benzene ring substituents is 1. The van der Waals surface area contributed by atoms with E-state index in [0.29, 0.717) is 16.3 Å². The first-order valence-corrected chi connectivity index (χ1v) is 9.28. The number of hydrogen-bond acceptors (Lipinski definition) is 10. The van der Waals surface area contributed by atoms with Crippen molar-refractivity contribution < 1.29 is 28.8 Å². The Kier molecular flexibility index (Phi) is 5.73. The number of carbonyl (C=O) groups excluding carboxylic acids is 3. The fourth-order valence-electron chi connectivity index (χ4n) is 2.66. The van der Waals surface area contributed by atoms with Gasteiger partial charge < -0.3 is 19.7 Å². The molecule has 0 fully saturated rings. The van der Waals surface area contributed by atoms with Gasteiger partial charge in [-0.25, -0.2) is 14.6 Å². The Morgan fingerprint density at radius 2 is 2.21 bits per heavy atom. The molecule has 11 nitrogen and oxygen atoms in total. The molecular weight excluding hydrogens is 404 g/mol. The van der Waals surface area contributed by atoms with Crippen LogP contribution in [0.2, 0.25) is 0 Å². The molecule has 1 N–H and O–H groups in total. The number of fused-ring (bicyclic) bond motifs is 1. The number of aryl methyl sites for hydroxylation is 1. The summed E-state index contributed by atoms with van der Waals surface area (Å²) in [6, 6.07) is 3.81. The Balaban J connectivity index is 1.73. The molecule has 0 saturated heterocycles. The second-order valence-corrected chi connectivity index (χ2v) is 6.94. The van der Waals surface area contributed by atoms with Gasteiger partial charge in [-0.15, -0.1) is 0 Å². The second kappa shape index (κ2) is 8.22. The van der Waals surface area contributed by atoms with Crippen molar-refractivity contribution in [1.29, 1.82) is 0 Å². The lowest BCUT2D eigenvalue weighted by Gasteiger charge is -2.28. The molecule has 0 unspecified atom stereocenters. The first kappa shape index (κ1) is 20.2. The summed E-state index contributed by atoms with van der Waals surface area (Å²) < 4.78 is 9.98. The van der Waals surface area contributed by atoms with Gasteiger partial charge in [-0.05, 0) is 19.9 Å². The first-order chi connectivity index (χ1) is 13.8. The molecule has 152 valence electrons. The molecule has 1 aliphatic heterocycles. The van der Waals surface area contributed by atoms with Crippen molar-refractivity contribution in [3.8, 4) is 5.75 Å². The minimum atomic E-state index is -0.638. The molecule has 0 atom stereocenters. The van der Waals surface area contributed by atoms with Gasteiger partial charge in [-0.3, -0.25) is 14.9 Å². The Morgan fingerprint density at radius 1 is 1.45 bits per heavy atom. The highest BCUT2D eigenvalue weighted by atomic mass is 32.1. The lowest BCUT2D eigenvalue weighted by atomic mass is 10.2. The molecule has 0 saturated carbocycles. The average molecular weight is 420 g/mol. The zero-order valence-electron chi connectivity index (χ0n) is 15.5. The van der Waals surface area contributed by atoms with Crippen molar-refractivity contribution in [1.82, 2.24) is 4.98 Å². The van der Waals surface area contributed by atoms with Crippen molar-refractivity contribution >= 4 is 45.7 Å². The third-order valence-electron chi connectivity index (χ3n) is 3.88. The van der Waals surface area contributed by atoms with Crippen LogP contribution in [0.15, 0.2) is 18.2 Å². The Labute approximate surface area is 168 Å². The third-order valence-corrected chi connectivity index (χ3v) is 4.93. The van der Waals surface area contributed by atoms with Crippen molar-refractivity contribution in [2.45, 2.75) is 13.8 Å². The van der Waals surface area contributed by atoms with Crippen LogP contribution in [0.25, 0.3) is 0 Å². The molecule has 3 rings (SSSR count). The van der Waals surface area contributed by atoms with Gasteiger partial charge in [0, 0.05) is 6.07 Å². The summed E-state index contributed by atoms with van der Waals surface area (Å²) in [5, 5.41) is 13.7. The highest BCUT2D eigenvalue weighted by Gasteiger charge is 2.28. The van der Waals surface area contributed by atoms with Crippen LogP contribution in [0.5, 0.6) is 5.75 Å². The topological polar surface area (TPSA) is 141 Å². The SMILES string of the molecule is CCOC(=O)c1sc(NC(=O)CN2CC(=O)Oc3cc([N+](=O)[O-])ccc32)nc1C. The number of nitro benzene ring substituents is 1. The van der Waals surface area contributed by atoms with Crippen LogP contribution >= 0.6 is 11.3 Å². The summed E-state index contributed by atoms with van der Waals surface area (Å²) in [5.41, 5.74) is 0.587. The minimum absolute atomic E-state index is 0.0120. The van der Waals surface area contributed by atoms with Gasteiger partial charge in [-0.2, -0.15) is 0 Å². The molecular formula is C17H16N4O7S.